The Kier molecular flexibility index (Phi) is 6.95. The highest BCUT2D eigenvalue weighted by Crippen LogP contribution is 2.27. The molecule has 0 bridgehead atoms. The summed E-state index contributed by atoms with van der Waals surface area (Å²) in [7, 11) is 0. The van der Waals surface area contributed by atoms with Crippen molar-refractivity contribution in [3.05, 3.63) is 38.8 Å². The van der Waals surface area contributed by atoms with Crippen molar-refractivity contribution in [2.75, 3.05) is 18.5 Å². The fourth-order valence-electron chi connectivity index (χ4n) is 2.22. The summed E-state index contributed by atoms with van der Waals surface area (Å²) in [5.74, 6) is 0.0504. The molecule has 25 heavy (non-hydrogen) atoms. The summed E-state index contributed by atoms with van der Waals surface area (Å²) in [4.78, 5) is 27.7. The first-order valence-electron chi connectivity index (χ1n) is 7.68. The first-order chi connectivity index (χ1) is 11.9. The SMILES string of the molecule is CCOC(=O)Cc1csc(NC(=O)COc2c(C)cc(Br)cc2C)n1. The quantitative estimate of drug-likeness (QED) is 0.683. The Hall–Kier alpha value is -1.93. The number of aryl methyl sites for hydroxylation is 2. The van der Waals surface area contributed by atoms with E-state index in [-0.39, 0.29) is 24.9 Å². The van der Waals surface area contributed by atoms with Gasteiger partial charge in [0, 0.05) is 9.85 Å². The first-order valence-corrected chi connectivity index (χ1v) is 9.35. The van der Waals surface area contributed by atoms with Gasteiger partial charge in [-0.25, -0.2) is 4.98 Å². The summed E-state index contributed by atoms with van der Waals surface area (Å²) in [6.45, 7) is 5.81. The molecule has 1 amide bonds. The number of hydrogen-bond donors (Lipinski definition) is 1. The van der Waals surface area contributed by atoms with E-state index in [0.717, 1.165) is 15.6 Å². The van der Waals surface area contributed by atoms with Crippen LogP contribution in [0.25, 0.3) is 0 Å². The van der Waals surface area contributed by atoms with Gasteiger partial charge in [-0.1, -0.05) is 15.9 Å². The highest BCUT2D eigenvalue weighted by molar-refractivity contribution is 9.10. The maximum Gasteiger partial charge on any atom is 0.311 e. The van der Waals surface area contributed by atoms with Crippen LogP contribution in [0.4, 0.5) is 5.13 Å². The van der Waals surface area contributed by atoms with E-state index >= 15 is 0 Å². The van der Waals surface area contributed by atoms with Crippen LogP contribution in [0.1, 0.15) is 23.7 Å². The lowest BCUT2D eigenvalue weighted by atomic mass is 10.1. The van der Waals surface area contributed by atoms with Gasteiger partial charge in [0.2, 0.25) is 0 Å². The van der Waals surface area contributed by atoms with Crippen LogP contribution >= 0.6 is 27.3 Å². The van der Waals surface area contributed by atoms with E-state index in [1.807, 2.05) is 26.0 Å². The number of amides is 1. The van der Waals surface area contributed by atoms with Crippen molar-refractivity contribution in [1.29, 1.82) is 0 Å². The van der Waals surface area contributed by atoms with Gasteiger partial charge in [0.05, 0.1) is 18.7 Å². The average Bonchev–Trinajstić information content (AvgIpc) is 2.93. The molecule has 1 aromatic carbocycles. The average molecular weight is 427 g/mol. The lowest BCUT2D eigenvalue weighted by molar-refractivity contribution is -0.142. The normalized spacial score (nSPS) is 10.4. The number of carbonyl (C=O) groups is 2. The van der Waals surface area contributed by atoms with Crippen molar-refractivity contribution in [2.24, 2.45) is 0 Å². The number of hydrogen-bond acceptors (Lipinski definition) is 6. The summed E-state index contributed by atoms with van der Waals surface area (Å²) in [6, 6.07) is 3.87. The van der Waals surface area contributed by atoms with E-state index in [1.54, 1.807) is 12.3 Å². The van der Waals surface area contributed by atoms with Gasteiger partial charge in [0.25, 0.3) is 5.91 Å². The third kappa shape index (κ3) is 5.82. The fraction of sp³-hybridized carbons (Fsp3) is 0.353. The Balaban J connectivity index is 1.89. The number of nitrogens with one attached hydrogen (secondary N) is 1. The molecule has 0 atom stereocenters. The maximum absolute atomic E-state index is 12.0. The monoisotopic (exact) mass is 426 g/mol. The number of anilines is 1. The lowest BCUT2D eigenvalue weighted by Crippen LogP contribution is -2.20. The van der Waals surface area contributed by atoms with Crippen molar-refractivity contribution >= 4 is 44.3 Å². The molecule has 0 spiro atoms. The number of nitrogens with zero attached hydrogens (tertiary/aromatic N) is 1. The lowest BCUT2D eigenvalue weighted by Gasteiger charge is -2.12. The number of halogens is 1. The van der Waals surface area contributed by atoms with E-state index in [4.69, 9.17) is 9.47 Å². The van der Waals surface area contributed by atoms with E-state index in [1.165, 1.54) is 11.3 Å². The summed E-state index contributed by atoms with van der Waals surface area (Å²) in [5.41, 5.74) is 2.47. The molecular formula is C17H19BrN2O4S. The van der Waals surface area contributed by atoms with Gasteiger partial charge in [0.1, 0.15) is 5.75 Å². The topological polar surface area (TPSA) is 77.5 Å². The summed E-state index contributed by atoms with van der Waals surface area (Å²) >= 11 is 4.68. The van der Waals surface area contributed by atoms with Crippen LogP contribution < -0.4 is 10.1 Å². The van der Waals surface area contributed by atoms with Crippen LogP contribution in [0.5, 0.6) is 5.75 Å². The smallest absolute Gasteiger partial charge is 0.311 e. The molecular weight excluding hydrogens is 408 g/mol. The van der Waals surface area contributed by atoms with Gasteiger partial charge >= 0.3 is 5.97 Å². The number of ether oxygens (including phenoxy) is 2. The van der Waals surface area contributed by atoms with Gasteiger partial charge < -0.3 is 9.47 Å². The number of carbonyl (C=O) groups excluding carboxylic acids is 2. The maximum atomic E-state index is 12.0. The largest absolute Gasteiger partial charge is 0.483 e. The van der Waals surface area contributed by atoms with Crippen LogP contribution in [-0.2, 0) is 20.7 Å². The van der Waals surface area contributed by atoms with Crippen LogP contribution in [-0.4, -0.2) is 30.1 Å². The molecule has 0 aliphatic heterocycles. The Morgan fingerprint density at radius 3 is 2.60 bits per heavy atom. The third-order valence-corrected chi connectivity index (χ3v) is 4.47. The number of thiazole rings is 1. The van der Waals surface area contributed by atoms with Gasteiger partial charge in [-0.15, -0.1) is 11.3 Å². The number of rotatable bonds is 7. The molecule has 134 valence electrons. The number of esters is 1. The second-order valence-electron chi connectivity index (χ2n) is 5.33. The van der Waals surface area contributed by atoms with Gasteiger partial charge in [0.15, 0.2) is 11.7 Å². The van der Waals surface area contributed by atoms with E-state index in [0.29, 0.717) is 23.2 Å². The van der Waals surface area contributed by atoms with Crippen molar-refractivity contribution in [3.63, 3.8) is 0 Å². The standard InChI is InChI=1S/C17H19BrN2O4S/c1-4-23-15(22)7-13-9-25-17(19-13)20-14(21)8-24-16-10(2)5-12(18)6-11(16)3/h5-6,9H,4,7-8H2,1-3H3,(H,19,20,21). The highest BCUT2D eigenvalue weighted by Gasteiger charge is 2.12. The summed E-state index contributed by atoms with van der Waals surface area (Å²) in [6.07, 6.45) is 0.0913. The highest BCUT2D eigenvalue weighted by atomic mass is 79.9. The molecule has 6 nitrogen and oxygen atoms in total. The summed E-state index contributed by atoms with van der Waals surface area (Å²) in [5, 5.41) is 4.82. The Morgan fingerprint density at radius 1 is 1.28 bits per heavy atom. The molecule has 0 saturated heterocycles. The minimum atomic E-state index is -0.338. The fourth-order valence-corrected chi connectivity index (χ4v) is 3.64. The van der Waals surface area contributed by atoms with Crippen LogP contribution in [0.15, 0.2) is 22.0 Å². The van der Waals surface area contributed by atoms with Crippen molar-refractivity contribution in [1.82, 2.24) is 4.98 Å². The van der Waals surface area contributed by atoms with Gasteiger partial charge in [-0.3, -0.25) is 14.9 Å². The second-order valence-corrected chi connectivity index (χ2v) is 7.11. The Labute approximate surface area is 158 Å². The minimum Gasteiger partial charge on any atom is -0.483 e. The molecule has 1 heterocycles. The molecule has 1 N–H and O–H groups in total. The predicted octanol–water partition coefficient (Wildman–Crippen LogP) is 3.65. The predicted molar refractivity (Wildman–Crippen MR) is 100 cm³/mol. The minimum absolute atomic E-state index is 0.0913. The van der Waals surface area contributed by atoms with Gasteiger partial charge in [-0.2, -0.15) is 0 Å². The zero-order valence-corrected chi connectivity index (χ0v) is 16.6. The van der Waals surface area contributed by atoms with Gasteiger partial charge in [-0.05, 0) is 44.0 Å². The second kappa shape index (κ2) is 8.96. The summed E-state index contributed by atoms with van der Waals surface area (Å²) < 4.78 is 11.5. The first kappa shape index (κ1) is 19.4. The van der Waals surface area contributed by atoms with E-state index in [9.17, 15) is 9.59 Å². The number of aromatic nitrogens is 1. The molecule has 1 aromatic heterocycles. The van der Waals surface area contributed by atoms with Crippen molar-refractivity contribution in [3.8, 4) is 5.75 Å². The molecule has 0 radical (unpaired) electrons. The Bertz CT molecular complexity index is 753. The molecule has 0 fully saturated rings. The molecule has 8 heteroatoms. The molecule has 2 aromatic rings. The van der Waals surface area contributed by atoms with E-state index < -0.39 is 0 Å². The Morgan fingerprint density at radius 2 is 1.96 bits per heavy atom. The number of benzene rings is 1. The molecule has 0 aliphatic rings. The van der Waals surface area contributed by atoms with E-state index in [2.05, 4.69) is 26.2 Å². The zero-order valence-electron chi connectivity index (χ0n) is 14.2. The third-order valence-electron chi connectivity index (χ3n) is 3.20. The van der Waals surface area contributed by atoms with Crippen LogP contribution in [0, 0.1) is 13.8 Å². The van der Waals surface area contributed by atoms with Crippen LogP contribution in [0.2, 0.25) is 0 Å². The molecule has 0 aliphatic carbocycles. The van der Waals surface area contributed by atoms with Crippen LogP contribution in [0.3, 0.4) is 0 Å². The van der Waals surface area contributed by atoms with Crippen molar-refractivity contribution in [2.45, 2.75) is 27.2 Å². The molecule has 0 saturated carbocycles. The zero-order chi connectivity index (χ0) is 18.4. The molecule has 2 rings (SSSR count). The molecule has 0 unspecified atom stereocenters. The van der Waals surface area contributed by atoms with Crippen molar-refractivity contribution < 1.29 is 19.1 Å².